The molecule has 0 aliphatic carbocycles. The molecule has 43 heavy (non-hydrogen) atoms. The molecule has 2 atom stereocenters. The monoisotopic (exact) mass is 606 g/mol. The summed E-state index contributed by atoms with van der Waals surface area (Å²) in [6, 6.07) is 12.2. The van der Waals surface area contributed by atoms with E-state index in [1.807, 2.05) is 58.9 Å². The number of fused-ring (bicyclic) bond motifs is 5. The minimum Gasteiger partial charge on any atom is -0.491 e. The molecule has 0 spiro atoms. The maximum atomic E-state index is 13.7. The minimum atomic E-state index is -0.463. The molecule has 11 heteroatoms. The van der Waals surface area contributed by atoms with Crippen molar-refractivity contribution in [2.24, 2.45) is 0 Å². The molecule has 3 amide bonds. The summed E-state index contributed by atoms with van der Waals surface area (Å²) in [7, 11) is 0. The molecule has 2 aromatic carbocycles. The fourth-order valence-electron chi connectivity index (χ4n) is 5.39. The number of amides is 3. The number of nitrogens with one attached hydrogen (secondary N) is 1. The van der Waals surface area contributed by atoms with Gasteiger partial charge >= 0.3 is 0 Å². The highest BCUT2D eigenvalue weighted by Gasteiger charge is 2.35. The first kappa shape index (κ1) is 30.5. The third kappa shape index (κ3) is 7.34. The van der Waals surface area contributed by atoms with Gasteiger partial charge in [-0.25, -0.2) is 4.98 Å². The number of piperidine rings is 1. The van der Waals surface area contributed by atoms with Crippen molar-refractivity contribution in [3.8, 4) is 17.2 Å². The van der Waals surface area contributed by atoms with Crippen molar-refractivity contribution in [1.82, 2.24) is 20.1 Å². The maximum Gasteiger partial charge on any atom is 0.265 e. The van der Waals surface area contributed by atoms with Crippen molar-refractivity contribution in [2.75, 3.05) is 26.2 Å². The number of nitrogens with zero attached hydrogens (tertiary/aromatic N) is 3. The van der Waals surface area contributed by atoms with Crippen LogP contribution in [0.3, 0.4) is 0 Å². The van der Waals surface area contributed by atoms with E-state index in [1.165, 1.54) is 16.2 Å². The standard InChI is InChI=1S/C32H38N4O6S/c1-6-35-17-29(37)34-27-16-36(32(39)30-20(4)33-21(5)43-30)11-10-28(27)40-18-22-8-7-9-24(12-22)42-26-14-23(31(35)38)13-25(15-26)41-19(2)3/h7-9,12-15,19,27-28H,6,10-11,16-18H2,1-5H3,(H,34,37)/t27-,28-/m0/s1. The zero-order valence-corrected chi connectivity index (χ0v) is 26.0. The van der Waals surface area contributed by atoms with Gasteiger partial charge in [-0.1, -0.05) is 12.1 Å². The summed E-state index contributed by atoms with van der Waals surface area (Å²) in [5.74, 6) is 0.808. The summed E-state index contributed by atoms with van der Waals surface area (Å²) in [5.41, 5.74) is 1.96. The molecular formula is C32H38N4O6S. The van der Waals surface area contributed by atoms with Gasteiger partial charge in [0, 0.05) is 31.3 Å². The van der Waals surface area contributed by atoms with Crippen LogP contribution in [0.4, 0.5) is 0 Å². The SMILES string of the molecule is CCN1CC(=O)N[C@H]2CN(C(=O)c3sc(C)nc3C)CC[C@@H]2OCc2cccc(c2)Oc2cc(OC(C)C)cc(c2)C1=O. The molecule has 4 bridgehead atoms. The van der Waals surface area contributed by atoms with Crippen molar-refractivity contribution >= 4 is 29.1 Å². The van der Waals surface area contributed by atoms with Crippen LogP contribution in [0.1, 0.15) is 63.5 Å². The minimum absolute atomic E-state index is 0.0996. The lowest BCUT2D eigenvalue weighted by Crippen LogP contribution is -2.58. The van der Waals surface area contributed by atoms with E-state index < -0.39 is 6.04 Å². The van der Waals surface area contributed by atoms with E-state index in [2.05, 4.69) is 10.3 Å². The van der Waals surface area contributed by atoms with Crippen molar-refractivity contribution in [3.63, 3.8) is 0 Å². The lowest BCUT2D eigenvalue weighted by molar-refractivity contribution is -0.124. The Labute approximate surface area is 255 Å². The molecular weight excluding hydrogens is 568 g/mol. The Morgan fingerprint density at radius 2 is 1.98 bits per heavy atom. The molecule has 1 aromatic heterocycles. The maximum absolute atomic E-state index is 13.7. The second-order valence-electron chi connectivity index (χ2n) is 11.1. The van der Waals surface area contributed by atoms with E-state index in [0.717, 1.165) is 10.6 Å². The topological polar surface area (TPSA) is 110 Å². The number of ether oxygens (including phenoxy) is 3. The van der Waals surface area contributed by atoms with Gasteiger partial charge in [0.2, 0.25) is 5.91 Å². The smallest absolute Gasteiger partial charge is 0.265 e. The average Bonchev–Trinajstić information content (AvgIpc) is 3.31. The molecule has 3 heterocycles. The van der Waals surface area contributed by atoms with Crippen LogP contribution in [0, 0.1) is 13.8 Å². The largest absolute Gasteiger partial charge is 0.491 e. The van der Waals surface area contributed by atoms with Crippen LogP contribution in [0.5, 0.6) is 17.2 Å². The number of benzene rings is 2. The van der Waals surface area contributed by atoms with Gasteiger partial charge < -0.3 is 29.3 Å². The number of rotatable bonds is 4. The van der Waals surface area contributed by atoms with Gasteiger partial charge in [-0.05, 0) is 70.9 Å². The Kier molecular flexibility index (Phi) is 9.31. The highest BCUT2D eigenvalue weighted by molar-refractivity contribution is 7.13. The van der Waals surface area contributed by atoms with Gasteiger partial charge in [0.25, 0.3) is 11.8 Å². The predicted molar refractivity (Wildman–Crippen MR) is 163 cm³/mol. The van der Waals surface area contributed by atoms with Crippen LogP contribution in [0.2, 0.25) is 0 Å². The van der Waals surface area contributed by atoms with Gasteiger partial charge in [-0.2, -0.15) is 0 Å². The van der Waals surface area contributed by atoms with E-state index in [4.69, 9.17) is 14.2 Å². The Hall–Kier alpha value is -3.96. The summed E-state index contributed by atoms with van der Waals surface area (Å²) in [5, 5.41) is 3.91. The summed E-state index contributed by atoms with van der Waals surface area (Å²) >= 11 is 1.38. The Morgan fingerprint density at radius 1 is 1.16 bits per heavy atom. The summed E-state index contributed by atoms with van der Waals surface area (Å²) in [6.07, 6.45) is 0.107. The zero-order chi connectivity index (χ0) is 30.7. The third-order valence-electron chi connectivity index (χ3n) is 7.38. The van der Waals surface area contributed by atoms with Gasteiger partial charge in [0.1, 0.15) is 22.1 Å². The molecule has 3 aromatic rings. The number of likely N-dealkylation sites (tertiary alicyclic amines) is 1. The quantitative estimate of drug-likeness (QED) is 0.457. The van der Waals surface area contributed by atoms with Gasteiger partial charge in [0.15, 0.2) is 0 Å². The Bertz CT molecular complexity index is 1500. The lowest BCUT2D eigenvalue weighted by Gasteiger charge is -2.39. The molecule has 0 unspecified atom stereocenters. The van der Waals surface area contributed by atoms with Crippen molar-refractivity contribution in [2.45, 2.75) is 65.9 Å². The van der Waals surface area contributed by atoms with E-state index in [-0.39, 0.29) is 43.0 Å². The van der Waals surface area contributed by atoms with Crippen LogP contribution in [0.25, 0.3) is 0 Å². The van der Waals surface area contributed by atoms with Crippen LogP contribution >= 0.6 is 11.3 Å². The van der Waals surface area contributed by atoms with E-state index in [9.17, 15) is 14.4 Å². The molecule has 1 fully saturated rings. The number of hydrogen-bond donors (Lipinski definition) is 1. The zero-order valence-electron chi connectivity index (χ0n) is 25.2. The van der Waals surface area contributed by atoms with Gasteiger partial charge in [-0.3, -0.25) is 14.4 Å². The van der Waals surface area contributed by atoms with E-state index in [0.29, 0.717) is 59.5 Å². The first-order valence-electron chi connectivity index (χ1n) is 14.6. The highest BCUT2D eigenvalue weighted by Crippen LogP contribution is 2.30. The van der Waals surface area contributed by atoms with E-state index >= 15 is 0 Å². The van der Waals surface area contributed by atoms with Gasteiger partial charge in [-0.15, -0.1) is 11.3 Å². The number of carbonyl (C=O) groups is 3. The second-order valence-corrected chi connectivity index (χ2v) is 12.3. The molecule has 1 N–H and O–H groups in total. The number of aromatic nitrogens is 1. The molecule has 0 radical (unpaired) electrons. The molecule has 10 nitrogen and oxygen atoms in total. The molecule has 0 saturated carbocycles. The lowest BCUT2D eigenvalue weighted by atomic mass is 10.0. The van der Waals surface area contributed by atoms with Crippen molar-refractivity contribution < 1.29 is 28.6 Å². The first-order chi connectivity index (χ1) is 20.6. The summed E-state index contributed by atoms with van der Waals surface area (Å²) in [4.78, 5) is 48.7. The van der Waals surface area contributed by atoms with Gasteiger partial charge in [0.05, 0.1) is 42.1 Å². The normalized spacial score (nSPS) is 19.5. The highest BCUT2D eigenvalue weighted by atomic mass is 32.1. The van der Waals surface area contributed by atoms with Crippen molar-refractivity contribution in [1.29, 1.82) is 0 Å². The first-order valence-corrected chi connectivity index (χ1v) is 15.4. The number of thiazole rings is 1. The molecule has 5 rings (SSSR count). The summed E-state index contributed by atoms with van der Waals surface area (Å²) < 4.78 is 18.5. The van der Waals surface area contributed by atoms with Crippen molar-refractivity contribution in [3.05, 3.63) is 69.2 Å². The fourth-order valence-corrected chi connectivity index (χ4v) is 6.28. The third-order valence-corrected chi connectivity index (χ3v) is 8.44. The predicted octanol–water partition coefficient (Wildman–Crippen LogP) is 4.73. The van der Waals surface area contributed by atoms with Crippen LogP contribution in [0.15, 0.2) is 42.5 Å². The number of aryl methyl sites for hydroxylation is 2. The van der Waals surface area contributed by atoms with Crippen LogP contribution in [-0.4, -0.2) is 76.9 Å². The molecule has 2 aliphatic heterocycles. The number of hydrogen-bond acceptors (Lipinski definition) is 8. The number of carbonyl (C=O) groups excluding carboxylic acids is 3. The van der Waals surface area contributed by atoms with Crippen LogP contribution in [-0.2, 0) is 16.1 Å². The number of likely N-dealkylation sites (N-methyl/N-ethyl adjacent to an activating group) is 1. The second kappa shape index (κ2) is 13.1. The Balaban J connectivity index is 1.45. The van der Waals surface area contributed by atoms with Crippen LogP contribution < -0.4 is 14.8 Å². The molecule has 2 aliphatic rings. The fraction of sp³-hybridized carbons (Fsp3) is 0.438. The summed E-state index contributed by atoms with van der Waals surface area (Å²) in [6.45, 7) is 10.6. The average molecular weight is 607 g/mol. The molecule has 228 valence electrons. The van der Waals surface area contributed by atoms with E-state index in [1.54, 1.807) is 23.1 Å². The molecule has 1 saturated heterocycles. The Morgan fingerprint density at radius 3 is 2.70 bits per heavy atom.